The molecule has 1 aliphatic heterocycles. The molecule has 7 heteroatoms. The molecule has 1 saturated heterocycles. The van der Waals surface area contributed by atoms with Gasteiger partial charge in [0.05, 0.1) is 13.7 Å². The highest BCUT2D eigenvalue weighted by atomic mass is 32.1. The molecule has 0 unspecified atom stereocenters. The van der Waals surface area contributed by atoms with Gasteiger partial charge in [0.25, 0.3) is 5.91 Å². The van der Waals surface area contributed by atoms with E-state index in [0.29, 0.717) is 11.5 Å². The maximum Gasteiger partial charge on any atom is 0.305 e. The van der Waals surface area contributed by atoms with Crippen molar-refractivity contribution < 1.29 is 18.7 Å². The number of hydrogen-bond donors (Lipinski definition) is 1. The van der Waals surface area contributed by atoms with Gasteiger partial charge >= 0.3 is 5.97 Å². The standard InChI is InChI=1S/C14H15FN2O3S/c1-20-12(18)7-6-11-13(19)17(14(21)16-11)8-9-2-4-10(15)5-3-9/h2-5,11H,6-8H2,1H3,(H,16,21)/t11-/m1/s1. The van der Waals surface area contributed by atoms with Gasteiger partial charge < -0.3 is 10.1 Å². The largest absolute Gasteiger partial charge is 0.469 e. The molecular weight excluding hydrogens is 295 g/mol. The average molecular weight is 310 g/mol. The Morgan fingerprint density at radius 3 is 2.71 bits per heavy atom. The summed E-state index contributed by atoms with van der Waals surface area (Å²) in [7, 11) is 1.30. The van der Waals surface area contributed by atoms with Gasteiger partial charge in [-0.3, -0.25) is 14.5 Å². The fourth-order valence-electron chi connectivity index (χ4n) is 2.06. The molecule has 1 aromatic carbocycles. The molecule has 112 valence electrons. The normalized spacial score (nSPS) is 17.8. The lowest BCUT2D eigenvalue weighted by Gasteiger charge is -2.14. The molecule has 1 heterocycles. The van der Waals surface area contributed by atoms with Crippen LogP contribution in [0.3, 0.4) is 0 Å². The number of thiocarbonyl (C=S) groups is 1. The molecule has 1 aliphatic rings. The molecule has 1 amide bonds. The van der Waals surface area contributed by atoms with E-state index in [9.17, 15) is 14.0 Å². The predicted molar refractivity (Wildman–Crippen MR) is 77.7 cm³/mol. The van der Waals surface area contributed by atoms with Crippen LogP contribution in [0, 0.1) is 5.82 Å². The van der Waals surface area contributed by atoms with E-state index in [1.165, 1.54) is 24.1 Å². The second kappa shape index (κ2) is 6.62. The van der Waals surface area contributed by atoms with Gasteiger partial charge in [0, 0.05) is 6.42 Å². The number of methoxy groups -OCH3 is 1. The lowest BCUT2D eigenvalue weighted by molar-refractivity contribution is -0.140. The summed E-state index contributed by atoms with van der Waals surface area (Å²) in [5.41, 5.74) is 0.780. The summed E-state index contributed by atoms with van der Waals surface area (Å²) in [4.78, 5) is 24.8. The van der Waals surface area contributed by atoms with Crippen LogP contribution in [-0.2, 0) is 20.9 Å². The molecule has 1 fully saturated rings. The van der Waals surface area contributed by atoms with E-state index in [1.54, 1.807) is 12.1 Å². The van der Waals surface area contributed by atoms with Gasteiger partial charge in [-0.1, -0.05) is 12.1 Å². The SMILES string of the molecule is COC(=O)CC[C@H]1NC(=S)N(Cc2ccc(F)cc2)C1=O. The first-order valence-electron chi connectivity index (χ1n) is 6.44. The number of carbonyl (C=O) groups excluding carboxylic acids is 2. The Labute approximate surface area is 127 Å². The molecule has 1 atom stereocenters. The minimum atomic E-state index is -0.517. The molecule has 21 heavy (non-hydrogen) atoms. The molecule has 1 aromatic rings. The Morgan fingerprint density at radius 1 is 1.43 bits per heavy atom. The average Bonchev–Trinajstić information content (AvgIpc) is 2.74. The zero-order chi connectivity index (χ0) is 15.4. The molecule has 5 nitrogen and oxygen atoms in total. The van der Waals surface area contributed by atoms with Crippen LogP contribution in [0.1, 0.15) is 18.4 Å². The number of esters is 1. The highest BCUT2D eigenvalue weighted by Crippen LogP contribution is 2.15. The van der Waals surface area contributed by atoms with Crippen molar-refractivity contribution in [2.45, 2.75) is 25.4 Å². The van der Waals surface area contributed by atoms with Gasteiger partial charge in [0.2, 0.25) is 0 Å². The van der Waals surface area contributed by atoms with E-state index >= 15 is 0 Å². The first-order valence-corrected chi connectivity index (χ1v) is 6.85. The summed E-state index contributed by atoms with van der Waals surface area (Å²) in [5.74, 6) is -0.885. The van der Waals surface area contributed by atoms with E-state index < -0.39 is 6.04 Å². The van der Waals surface area contributed by atoms with Gasteiger partial charge in [-0.2, -0.15) is 0 Å². The first-order chi connectivity index (χ1) is 10.0. The van der Waals surface area contributed by atoms with E-state index in [0.717, 1.165) is 5.56 Å². The van der Waals surface area contributed by atoms with E-state index in [2.05, 4.69) is 10.1 Å². The molecule has 2 rings (SSSR count). The monoisotopic (exact) mass is 310 g/mol. The van der Waals surface area contributed by atoms with Crippen molar-refractivity contribution in [1.82, 2.24) is 10.2 Å². The molecule has 0 saturated carbocycles. The summed E-state index contributed by atoms with van der Waals surface area (Å²) in [5, 5.41) is 3.21. The van der Waals surface area contributed by atoms with Gasteiger partial charge in [0.15, 0.2) is 5.11 Å². The number of ether oxygens (including phenoxy) is 1. The van der Waals surface area contributed by atoms with Crippen LogP contribution in [0.2, 0.25) is 0 Å². The molecule has 0 radical (unpaired) electrons. The van der Waals surface area contributed by atoms with E-state index in [1.807, 2.05) is 0 Å². The van der Waals surface area contributed by atoms with Gasteiger partial charge in [-0.15, -0.1) is 0 Å². The number of carbonyl (C=O) groups is 2. The quantitative estimate of drug-likeness (QED) is 0.657. The molecule has 0 aromatic heterocycles. The van der Waals surface area contributed by atoms with Crippen LogP contribution in [-0.4, -0.2) is 35.0 Å². The second-order valence-electron chi connectivity index (χ2n) is 4.67. The summed E-state index contributed by atoms with van der Waals surface area (Å²) in [6, 6.07) is 5.36. The summed E-state index contributed by atoms with van der Waals surface area (Å²) in [6.07, 6.45) is 0.471. The number of halogens is 1. The van der Waals surface area contributed by atoms with E-state index in [-0.39, 0.29) is 30.7 Å². The van der Waals surface area contributed by atoms with Crippen molar-refractivity contribution in [2.24, 2.45) is 0 Å². The van der Waals surface area contributed by atoms with Crippen LogP contribution >= 0.6 is 12.2 Å². The Bertz CT molecular complexity index is 562. The molecule has 0 aliphatic carbocycles. The number of nitrogens with one attached hydrogen (secondary N) is 1. The van der Waals surface area contributed by atoms with Crippen molar-refractivity contribution in [3.8, 4) is 0 Å². The fourth-order valence-corrected chi connectivity index (χ4v) is 2.36. The summed E-state index contributed by atoms with van der Waals surface area (Å²) in [6.45, 7) is 0.277. The lowest BCUT2D eigenvalue weighted by Crippen LogP contribution is -2.31. The zero-order valence-electron chi connectivity index (χ0n) is 11.5. The number of hydrogen-bond acceptors (Lipinski definition) is 4. The Balaban J connectivity index is 1.98. The number of nitrogens with zero attached hydrogens (tertiary/aromatic N) is 1. The van der Waals surface area contributed by atoms with Crippen molar-refractivity contribution in [2.75, 3.05) is 7.11 Å². The van der Waals surface area contributed by atoms with Gasteiger partial charge in [-0.05, 0) is 36.3 Å². The third-order valence-corrected chi connectivity index (χ3v) is 3.56. The maximum absolute atomic E-state index is 12.9. The van der Waals surface area contributed by atoms with Crippen LogP contribution in [0.5, 0.6) is 0 Å². The van der Waals surface area contributed by atoms with Crippen LogP contribution in [0.15, 0.2) is 24.3 Å². The topological polar surface area (TPSA) is 58.6 Å². The third kappa shape index (κ3) is 3.75. The minimum absolute atomic E-state index is 0.146. The summed E-state index contributed by atoms with van der Waals surface area (Å²) < 4.78 is 17.4. The molecule has 0 spiro atoms. The lowest BCUT2D eigenvalue weighted by atomic mass is 10.1. The molecule has 0 bridgehead atoms. The predicted octanol–water partition coefficient (Wildman–Crippen LogP) is 1.36. The highest BCUT2D eigenvalue weighted by Gasteiger charge is 2.35. The van der Waals surface area contributed by atoms with Crippen molar-refractivity contribution in [1.29, 1.82) is 0 Å². The van der Waals surface area contributed by atoms with Crippen molar-refractivity contribution in [3.05, 3.63) is 35.6 Å². The zero-order valence-corrected chi connectivity index (χ0v) is 12.3. The molecule has 1 N–H and O–H groups in total. The number of benzene rings is 1. The van der Waals surface area contributed by atoms with Crippen LogP contribution in [0.25, 0.3) is 0 Å². The molecular formula is C14H15FN2O3S. The third-order valence-electron chi connectivity index (χ3n) is 3.23. The maximum atomic E-state index is 12.9. The van der Waals surface area contributed by atoms with Gasteiger partial charge in [0.1, 0.15) is 11.9 Å². The number of rotatable bonds is 5. The van der Waals surface area contributed by atoms with Gasteiger partial charge in [-0.25, -0.2) is 4.39 Å². The fraction of sp³-hybridized carbons (Fsp3) is 0.357. The smallest absolute Gasteiger partial charge is 0.305 e. The minimum Gasteiger partial charge on any atom is -0.469 e. The summed E-state index contributed by atoms with van der Waals surface area (Å²) >= 11 is 5.13. The van der Waals surface area contributed by atoms with Crippen LogP contribution < -0.4 is 5.32 Å². The Morgan fingerprint density at radius 2 is 2.10 bits per heavy atom. The highest BCUT2D eigenvalue weighted by molar-refractivity contribution is 7.80. The Hall–Kier alpha value is -2.02. The van der Waals surface area contributed by atoms with Crippen molar-refractivity contribution in [3.63, 3.8) is 0 Å². The first kappa shape index (κ1) is 15.4. The van der Waals surface area contributed by atoms with Crippen LogP contribution in [0.4, 0.5) is 4.39 Å². The Kier molecular flexibility index (Phi) is 4.85. The second-order valence-corrected chi connectivity index (χ2v) is 5.05. The van der Waals surface area contributed by atoms with E-state index in [4.69, 9.17) is 12.2 Å². The van der Waals surface area contributed by atoms with Crippen molar-refractivity contribution >= 4 is 29.2 Å². The number of amides is 1.